The largest absolute Gasteiger partial charge is 0.273 e. The number of carbonyl (C=O) groups is 1. The second-order valence-corrected chi connectivity index (χ2v) is 9.01. The summed E-state index contributed by atoms with van der Waals surface area (Å²) in [4.78, 5) is 12.0. The van der Waals surface area contributed by atoms with Crippen LogP contribution < -0.4 is 5.43 Å². The van der Waals surface area contributed by atoms with Gasteiger partial charge in [-0.15, -0.1) is 23.5 Å². The van der Waals surface area contributed by atoms with Crippen LogP contribution in [0.4, 0.5) is 0 Å². The van der Waals surface area contributed by atoms with Crippen molar-refractivity contribution in [2.45, 2.75) is 38.2 Å². The van der Waals surface area contributed by atoms with Crippen LogP contribution >= 0.6 is 23.5 Å². The molecule has 1 N–H and O–H groups in total. The van der Waals surface area contributed by atoms with E-state index >= 15 is 0 Å². The van der Waals surface area contributed by atoms with Crippen LogP contribution in [0.3, 0.4) is 0 Å². The summed E-state index contributed by atoms with van der Waals surface area (Å²) in [6.45, 7) is 8.19. The molecule has 1 amide bonds. The van der Waals surface area contributed by atoms with Crippen molar-refractivity contribution in [2.24, 2.45) is 5.10 Å². The lowest BCUT2D eigenvalue weighted by atomic mass is 10.0. The van der Waals surface area contributed by atoms with Crippen molar-refractivity contribution in [3.05, 3.63) is 34.9 Å². The topological polar surface area (TPSA) is 41.5 Å². The summed E-state index contributed by atoms with van der Waals surface area (Å²) < 4.78 is 0.00671. The molecule has 0 saturated carbocycles. The van der Waals surface area contributed by atoms with Gasteiger partial charge in [0.25, 0.3) is 0 Å². The third kappa shape index (κ3) is 4.51. The fourth-order valence-electron chi connectivity index (χ4n) is 2.32. The minimum absolute atomic E-state index is 0.00671. The summed E-state index contributed by atoms with van der Waals surface area (Å²) >= 11 is 3.72. The molecule has 0 bridgehead atoms. The first-order valence-electron chi connectivity index (χ1n) is 7.08. The number of carbonyl (C=O) groups excluding carboxylic acids is 1. The third-order valence-corrected chi connectivity index (χ3v) is 6.80. The van der Waals surface area contributed by atoms with Crippen molar-refractivity contribution in [2.75, 3.05) is 11.5 Å². The summed E-state index contributed by atoms with van der Waals surface area (Å²) in [5, 5.41) is 4.27. The number of thioether (sulfide) groups is 2. The molecule has 3 nitrogen and oxygen atoms in total. The van der Waals surface area contributed by atoms with Gasteiger partial charge in [0, 0.05) is 17.1 Å². The molecule has 0 radical (unpaired) electrons. The normalized spacial score (nSPS) is 17.8. The van der Waals surface area contributed by atoms with Gasteiger partial charge in [0.05, 0.1) is 16.2 Å². The van der Waals surface area contributed by atoms with E-state index in [0.29, 0.717) is 6.42 Å². The predicted octanol–water partition coefficient (Wildman–Crippen LogP) is 3.73. The number of hydrazone groups is 1. The van der Waals surface area contributed by atoms with Crippen LogP contribution in [0.15, 0.2) is 23.3 Å². The summed E-state index contributed by atoms with van der Waals surface area (Å²) in [6.07, 6.45) is 0.506. The highest BCUT2D eigenvalue weighted by molar-refractivity contribution is 8.21. The molecule has 114 valence electrons. The lowest BCUT2D eigenvalue weighted by Crippen LogP contribution is -2.27. The van der Waals surface area contributed by atoms with Gasteiger partial charge in [0.1, 0.15) is 0 Å². The number of hydrogen-bond donors (Lipinski definition) is 1. The van der Waals surface area contributed by atoms with Gasteiger partial charge in [0.15, 0.2) is 0 Å². The Hall–Kier alpha value is -0.940. The lowest BCUT2D eigenvalue weighted by Gasteiger charge is -2.20. The molecular weight excluding hydrogens is 300 g/mol. The molecule has 0 spiro atoms. The minimum atomic E-state index is -0.0101. The molecule has 0 aromatic heterocycles. The molecule has 21 heavy (non-hydrogen) atoms. The van der Waals surface area contributed by atoms with E-state index in [0.717, 1.165) is 22.8 Å². The molecule has 1 aromatic carbocycles. The number of amides is 1. The summed E-state index contributed by atoms with van der Waals surface area (Å²) in [7, 11) is 0. The van der Waals surface area contributed by atoms with Gasteiger partial charge in [-0.3, -0.25) is 4.79 Å². The van der Waals surface area contributed by atoms with E-state index < -0.39 is 0 Å². The maximum absolute atomic E-state index is 12.0. The molecule has 0 atom stereocenters. The Labute approximate surface area is 135 Å². The summed E-state index contributed by atoms with van der Waals surface area (Å²) in [6, 6.07) is 6.27. The lowest BCUT2D eigenvalue weighted by molar-refractivity contribution is -0.121. The van der Waals surface area contributed by atoms with Crippen LogP contribution in [-0.4, -0.2) is 27.2 Å². The van der Waals surface area contributed by atoms with Crippen LogP contribution in [0.25, 0.3) is 0 Å². The first-order chi connectivity index (χ1) is 9.89. The number of hydrogen-bond acceptors (Lipinski definition) is 4. The van der Waals surface area contributed by atoms with Crippen molar-refractivity contribution in [1.82, 2.24) is 5.43 Å². The van der Waals surface area contributed by atoms with Gasteiger partial charge >= 0.3 is 0 Å². The quantitative estimate of drug-likeness (QED) is 0.678. The maximum Gasteiger partial charge on any atom is 0.242 e. The van der Waals surface area contributed by atoms with Gasteiger partial charge in [0.2, 0.25) is 5.91 Å². The van der Waals surface area contributed by atoms with E-state index in [-0.39, 0.29) is 9.99 Å². The highest BCUT2D eigenvalue weighted by Crippen LogP contribution is 2.45. The first kappa shape index (κ1) is 16.4. The Bertz CT molecular complexity index is 563. The zero-order valence-electron chi connectivity index (χ0n) is 13.0. The Kier molecular flexibility index (Phi) is 5.38. The van der Waals surface area contributed by atoms with Crippen molar-refractivity contribution >= 4 is 35.1 Å². The molecule has 1 saturated heterocycles. The zero-order chi connectivity index (χ0) is 15.5. The van der Waals surface area contributed by atoms with Crippen LogP contribution in [-0.2, 0) is 4.79 Å². The Morgan fingerprint density at radius 1 is 1.33 bits per heavy atom. The average molecular weight is 322 g/mol. The average Bonchev–Trinajstić information content (AvgIpc) is 2.85. The van der Waals surface area contributed by atoms with Gasteiger partial charge in [-0.05, 0) is 39.3 Å². The number of rotatable bonds is 4. The van der Waals surface area contributed by atoms with E-state index in [9.17, 15) is 4.79 Å². The van der Waals surface area contributed by atoms with Gasteiger partial charge in [-0.2, -0.15) is 5.10 Å². The van der Waals surface area contributed by atoms with Crippen LogP contribution in [0.1, 0.15) is 37.0 Å². The summed E-state index contributed by atoms with van der Waals surface area (Å²) in [5.41, 5.74) is 7.01. The van der Waals surface area contributed by atoms with E-state index in [4.69, 9.17) is 0 Å². The molecule has 1 aliphatic rings. The van der Waals surface area contributed by atoms with Crippen molar-refractivity contribution < 1.29 is 4.79 Å². The van der Waals surface area contributed by atoms with E-state index in [1.54, 1.807) is 0 Å². The van der Waals surface area contributed by atoms with Crippen LogP contribution in [0, 0.1) is 13.8 Å². The Balaban J connectivity index is 1.99. The molecule has 0 unspecified atom stereocenters. The number of nitrogens with zero attached hydrogens (tertiary/aromatic N) is 1. The smallest absolute Gasteiger partial charge is 0.242 e. The molecule has 0 aliphatic carbocycles. The number of aryl methyl sites for hydroxylation is 2. The van der Waals surface area contributed by atoms with Gasteiger partial charge in [-0.1, -0.05) is 17.7 Å². The molecule has 1 aliphatic heterocycles. The second kappa shape index (κ2) is 6.88. The van der Waals surface area contributed by atoms with Crippen molar-refractivity contribution in [3.63, 3.8) is 0 Å². The fourth-order valence-corrected chi connectivity index (χ4v) is 5.15. The number of benzene rings is 1. The van der Waals surface area contributed by atoms with Crippen LogP contribution in [0.2, 0.25) is 0 Å². The van der Waals surface area contributed by atoms with Crippen molar-refractivity contribution in [3.8, 4) is 0 Å². The predicted molar refractivity (Wildman–Crippen MR) is 94.2 cm³/mol. The zero-order valence-corrected chi connectivity index (χ0v) is 14.7. The third-order valence-electron chi connectivity index (χ3n) is 3.51. The molecule has 1 heterocycles. The van der Waals surface area contributed by atoms with Crippen LogP contribution in [0.5, 0.6) is 0 Å². The van der Waals surface area contributed by atoms with Gasteiger partial charge < -0.3 is 0 Å². The van der Waals surface area contributed by atoms with Crippen molar-refractivity contribution in [1.29, 1.82) is 0 Å². The molecule has 1 aromatic rings. The van der Waals surface area contributed by atoms with Gasteiger partial charge in [-0.25, -0.2) is 5.43 Å². The summed E-state index contributed by atoms with van der Waals surface area (Å²) in [5.74, 6) is 2.24. The second-order valence-electron chi connectivity index (χ2n) is 5.56. The Morgan fingerprint density at radius 2 is 2.00 bits per heavy atom. The van der Waals surface area contributed by atoms with E-state index in [1.807, 2.05) is 30.4 Å². The molecule has 2 rings (SSSR count). The highest BCUT2D eigenvalue weighted by atomic mass is 32.2. The first-order valence-corrected chi connectivity index (χ1v) is 9.05. The van der Waals surface area contributed by atoms with E-state index in [1.165, 1.54) is 11.1 Å². The monoisotopic (exact) mass is 322 g/mol. The molecule has 5 heteroatoms. The fraction of sp³-hybridized carbons (Fsp3) is 0.500. The van der Waals surface area contributed by atoms with E-state index in [2.05, 4.69) is 49.5 Å². The Morgan fingerprint density at radius 3 is 2.67 bits per heavy atom. The minimum Gasteiger partial charge on any atom is -0.273 e. The maximum atomic E-state index is 12.0. The standard InChI is InChI=1S/C16H22N2OS2/c1-11-5-6-12(2)14(9-11)13(3)17-18-15(19)10-16(4)20-7-8-21-16/h5-6,9H,7-8,10H2,1-4H3,(H,18,19)/b17-13+. The highest BCUT2D eigenvalue weighted by Gasteiger charge is 2.32. The molecule has 1 fully saturated rings. The SMILES string of the molecule is C/C(=N\NC(=O)CC1(C)SCCS1)c1cc(C)ccc1C. The number of nitrogens with one attached hydrogen (secondary N) is 1. The molecular formula is C16H22N2OS2.